The maximum Gasteiger partial charge on any atom is 0.274 e. The van der Waals surface area contributed by atoms with Crippen LogP contribution in [0.4, 0.5) is 5.82 Å². The van der Waals surface area contributed by atoms with Crippen LogP contribution in [-0.4, -0.2) is 63.3 Å². The number of nitrogens with one attached hydrogen (secondary N) is 1. The minimum absolute atomic E-state index is 0.000942. The first kappa shape index (κ1) is 23.4. The van der Waals surface area contributed by atoms with Crippen molar-refractivity contribution in [3.63, 3.8) is 0 Å². The minimum Gasteiger partial charge on any atom is -0.493 e. The highest BCUT2D eigenvalue weighted by Crippen LogP contribution is 2.41. The molecule has 0 aliphatic carbocycles. The fourth-order valence-electron chi connectivity index (χ4n) is 4.63. The summed E-state index contributed by atoms with van der Waals surface area (Å²) in [6.45, 7) is 2.79. The molecule has 0 saturated carbocycles. The second-order valence-electron chi connectivity index (χ2n) is 8.51. The van der Waals surface area contributed by atoms with E-state index >= 15 is 0 Å². The number of piperazine rings is 1. The Labute approximate surface area is 210 Å². The molecule has 8 heteroatoms. The van der Waals surface area contributed by atoms with Crippen LogP contribution in [0.25, 0.3) is 22.2 Å². The number of ether oxygens (including phenoxy) is 3. The lowest BCUT2D eigenvalue weighted by Crippen LogP contribution is -2.50. The second kappa shape index (κ2) is 10.1. The first-order valence-corrected chi connectivity index (χ1v) is 11.8. The molecular formula is C28H29N4O4+. The first-order valence-electron chi connectivity index (χ1n) is 11.8. The van der Waals surface area contributed by atoms with Gasteiger partial charge in [0.05, 0.1) is 57.4 Å². The van der Waals surface area contributed by atoms with Crippen molar-refractivity contribution in [1.82, 2.24) is 9.88 Å². The number of benzene rings is 2. The zero-order valence-corrected chi connectivity index (χ0v) is 20.7. The van der Waals surface area contributed by atoms with E-state index in [0.717, 1.165) is 35.4 Å². The summed E-state index contributed by atoms with van der Waals surface area (Å²) in [5, 5.41) is 0.831. The van der Waals surface area contributed by atoms with E-state index in [1.165, 1.54) is 0 Å². The number of amides is 1. The molecule has 1 fully saturated rings. The van der Waals surface area contributed by atoms with E-state index < -0.39 is 0 Å². The fraction of sp³-hybridized carbons (Fsp3) is 0.250. The Kier molecular flexibility index (Phi) is 6.58. The van der Waals surface area contributed by atoms with Crippen molar-refractivity contribution in [3.05, 3.63) is 72.4 Å². The Morgan fingerprint density at radius 3 is 2.19 bits per heavy atom. The number of para-hydroxylation sites is 1. The number of hydrogen-bond donors (Lipinski definition) is 0. The summed E-state index contributed by atoms with van der Waals surface area (Å²) in [5.74, 6) is 2.63. The standard InChI is InChI=1S/C28H28N4O4/c1-34-24-16-19(17-25(35-2)27(24)36-3)23-18-21(20-8-4-5-9-22(20)30-23)28(33)32-14-12-31(13-15-32)26-10-6-7-11-29-26/h4-11,16-18H,12-15H2,1-3H3/p+1. The van der Waals surface area contributed by atoms with Crippen LogP contribution in [0, 0.1) is 0 Å². The third-order valence-corrected chi connectivity index (χ3v) is 6.51. The summed E-state index contributed by atoms with van der Waals surface area (Å²) >= 11 is 0. The van der Waals surface area contributed by atoms with E-state index in [2.05, 4.69) is 16.0 Å². The third kappa shape index (κ3) is 4.37. The Morgan fingerprint density at radius 1 is 0.861 bits per heavy atom. The number of carbonyl (C=O) groups excluding carboxylic acids is 1. The number of rotatable bonds is 6. The van der Waals surface area contributed by atoms with Gasteiger partial charge in [0.25, 0.3) is 11.7 Å². The van der Waals surface area contributed by atoms with Crippen LogP contribution in [0.5, 0.6) is 17.2 Å². The van der Waals surface area contributed by atoms with Crippen molar-refractivity contribution in [3.8, 4) is 28.5 Å². The van der Waals surface area contributed by atoms with Gasteiger partial charge in [-0.3, -0.25) is 9.69 Å². The third-order valence-electron chi connectivity index (χ3n) is 6.51. The molecule has 3 heterocycles. The summed E-state index contributed by atoms with van der Waals surface area (Å²) < 4.78 is 16.5. The van der Waals surface area contributed by atoms with Gasteiger partial charge in [-0.2, -0.15) is 0 Å². The number of fused-ring (bicyclic) bond motifs is 1. The predicted octanol–water partition coefficient (Wildman–Crippen LogP) is 3.70. The monoisotopic (exact) mass is 485 g/mol. The molecule has 5 rings (SSSR count). The van der Waals surface area contributed by atoms with E-state index in [9.17, 15) is 4.79 Å². The Balaban J connectivity index is 1.50. The van der Waals surface area contributed by atoms with Crippen LogP contribution in [-0.2, 0) is 0 Å². The lowest BCUT2D eigenvalue weighted by atomic mass is 10.0. The second-order valence-corrected chi connectivity index (χ2v) is 8.51. The average molecular weight is 486 g/mol. The largest absolute Gasteiger partial charge is 0.493 e. The van der Waals surface area contributed by atoms with Gasteiger partial charge in [0, 0.05) is 17.0 Å². The van der Waals surface area contributed by atoms with E-state index in [1.54, 1.807) is 21.3 Å². The van der Waals surface area contributed by atoms with Crippen LogP contribution < -0.4 is 24.1 Å². The Morgan fingerprint density at radius 2 is 1.56 bits per heavy atom. The summed E-state index contributed by atoms with van der Waals surface area (Å²) in [6.07, 6.45) is 1.92. The number of aromatic amines is 1. The summed E-state index contributed by atoms with van der Waals surface area (Å²) in [6, 6.07) is 19.3. The van der Waals surface area contributed by atoms with Crippen molar-refractivity contribution >= 4 is 22.6 Å². The number of pyridine rings is 2. The number of hydrogen-bond acceptors (Lipinski definition) is 6. The molecule has 8 nitrogen and oxygen atoms in total. The molecule has 0 radical (unpaired) electrons. The SMILES string of the molecule is COc1cc(-c2cc(C(=O)N3CCN(c4cccc[nH+]4)CC3)c3ccccc3n2)cc(OC)c1OC. The predicted molar refractivity (Wildman–Crippen MR) is 138 cm³/mol. The molecule has 1 amide bonds. The number of H-pyrrole nitrogens is 1. The van der Waals surface area contributed by atoms with Gasteiger partial charge in [-0.25, -0.2) is 9.97 Å². The highest BCUT2D eigenvalue weighted by molar-refractivity contribution is 6.07. The lowest BCUT2D eigenvalue weighted by molar-refractivity contribution is -0.364. The van der Waals surface area contributed by atoms with Gasteiger partial charge >= 0.3 is 0 Å². The van der Waals surface area contributed by atoms with Crippen molar-refractivity contribution in [1.29, 1.82) is 0 Å². The van der Waals surface area contributed by atoms with E-state index in [1.807, 2.05) is 65.7 Å². The van der Waals surface area contributed by atoms with E-state index in [4.69, 9.17) is 19.2 Å². The first-order chi connectivity index (χ1) is 17.6. The molecule has 1 saturated heterocycles. The van der Waals surface area contributed by atoms with Crippen molar-refractivity contribution in [2.45, 2.75) is 0 Å². The maximum absolute atomic E-state index is 13.8. The Bertz CT molecular complexity index is 1360. The van der Waals surface area contributed by atoms with Gasteiger partial charge in [-0.05, 0) is 30.3 Å². The smallest absolute Gasteiger partial charge is 0.274 e. The molecule has 1 aliphatic rings. The molecule has 2 aromatic carbocycles. The zero-order valence-electron chi connectivity index (χ0n) is 20.7. The zero-order chi connectivity index (χ0) is 25.1. The molecule has 1 N–H and O–H groups in total. The van der Waals surface area contributed by atoms with Crippen LogP contribution in [0.15, 0.2) is 66.9 Å². The van der Waals surface area contributed by atoms with E-state index in [0.29, 0.717) is 41.6 Å². The van der Waals surface area contributed by atoms with Crippen molar-refractivity contribution < 1.29 is 24.0 Å². The maximum atomic E-state index is 13.8. The minimum atomic E-state index is -0.000942. The van der Waals surface area contributed by atoms with E-state index in [-0.39, 0.29) is 5.91 Å². The van der Waals surface area contributed by atoms with Crippen LogP contribution in [0.1, 0.15) is 10.4 Å². The van der Waals surface area contributed by atoms with Gasteiger partial charge in [0.2, 0.25) is 5.75 Å². The van der Waals surface area contributed by atoms with Crippen LogP contribution >= 0.6 is 0 Å². The molecule has 184 valence electrons. The number of anilines is 1. The van der Waals surface area contributed by atoms with Gasteiger partial charge in [0.15, 0.2) is 11.5 Å². The highest BCUT2D eigenvalue weighted by Gasteiger charge is 2.28. The van der Waals surface area contributed by atoms with Gasteiger partial charge in [-0.1, -0.05) is 24.3 Å². The number of carbonyl (C=O) groups is 1. The topological polar surface area (TPSA) is 78.3 Å². The van der Waals surface area contributed by atoms with Crippen molar-refractivity contribution in [2.75, 3.05) is 52.4 Å². The molecule has 0 unspecified atom stereocenters. The molecule has 0 spiro atoms. The molecule has 1 aliphatic heterocycles. The average Bonchev–Trinajstić information content (AvgIpc) is 2.95. The number of nitrogens with zero attached hydrogens (tertiary/aromatic N) is 3. The van der Waals surface area contributed by atoms with Gasteiger partial charge in [-0.15, -0.1) is 0 Å². The summed E-state index contributed by atoms with van der Waals surface area (Å²) in [4.78, 5) is 26.1. The highest BCUT2D eigenvalue weighted by atomic mass is 16.5. The van der Waals surface area contributed by atoms with Crippen LogP contribution in [0.2, 0.25) is 0 Å². The molecule has 36 heavy (non-hydrogen) atoms. The van der Waals surface area contributed by atoms with Crippen molar-refractivity contribution in [2.24, 2.45) is 0 Å². The number of methoxy groups -OCH3 is 3. The quantitative estimate of drug-likeness (QED) is 0.414. The molecule has 4 aromatic rings. The molecule has 0 bridgehead atoms. The normalized spacial score (nSPS) is 13.5. The van der Waals surface area contributed by atoms with Gasteiger partial charge in [0.1, 0.15) is 13.1 Å². The molecular weight excluding hydrogens is 456 g/mol. The fourth-order valence-corrected chi connectivity index (χ4v) is 4.63. The summed E-state index contributed by atoms with van der Waals surface area (Å²) in [5.41, 5.74) is 2.82. The Hall–Kier alpha value is -4.33. The molecule has 2 aromatic heterocycles. The van der Waals surface area contributed by atoms with Gasteiger partial charge < -0.3 is 19.1 Å². The number of aromatic nitrogens is 2. The lowest BCUT2D eigenvalue weighted by Gasteiger charge is -2.31. The summed E-state index contributed by atoms with van der Waals surface area (Å²) in [7, 11) is 4.73. The van der Waals surface area contributed by atoms with Crippen LogP contribution in [0.3, 0.4) is 0 Å². The molecule has 0 atom stereocenters.